The van der Waals surface area contributed by atoms with E-state index in [1.807, 2.05) is 24.3 Å². The largest absolute Gasteiger partial charge is 0.530 e. The summed E-state index contributed by atoms with van der Waals surface area (Å²) in [6.45, 7) is 17.1. The molecule has 6 aliphatic heterocycles. The van der Waals surface area contributed by atoms with Gasteiger partial charge in [0, 0.05) is 22.5 Å². The second kappa shape index (κ2) is 13.5. The monoisotopic (exact) mass is 880 g/mol. The highest BCUT2D eigenvalue weighted by molar-refractivity contribution is 8.01. The Kier molecular flexibility index (Phi) is 10.2. The second-order valence-electron chi connectivity index (χ2n) is 17.8. The Balaban J connectivity index is 1.67. The first-order valence-electron chi connectivity index (χ1n) is 17.5. The van der Waals surface area contributed by atoms with Crippen LogP contribution in [0.15, 0.2) is 87.7 Å². The Bertz CT molecular complexity index is 2020. The van der Waals surface area contributed by atoms with E-state index in [0.717, 1.165) is 41.8 Å². The summed E-state index contributed by atoms with van der Waals surface area (Å²) >= 11 is 19.4. The molecule has 0 spiro atoms. The average Bonchev–Trinajstić information content (AvgIpc) is 2.98. The molecule has 4 aromatic carbocycles. The molecule has 0 unspecified atom stereocenters. The zero-order valence-corrected chi connectivity index (χ0v) is 38.9. The Morgan fingerprint density at radius 2 is 0.519 bits per heavy atom. The van der Waals surface area contributed by atoms with Crippen molar-refractivity contribution in [2.24, 2.45) is 0 Å². The van der Waals surface area contributed by atoms with Crippen molar-refractivity contribution in [3.05, 3.63) is 70.8 Å². The van der Waals surface area contributed by atoms with Crippen LogP contribution in [0, 0.1) is 0 Å². The second-order valence-corrected chi connectivity index (χ2v) is 27.1. The van der Waals surface area contributed by atoms with E-state index >= 15 is 0 Å². The highest BCUT2D eigenvalue weighted by atomic mass is 35.7. The molecule has 0 fully saturated rings. The van der Waals surface area contributed by atoms with Crippen molar-refractivity contribution in [2.45, 2.75) is 144 Å². The first-order chi connectivity index (χ1) is 24.7. The number of rotatable bonds is 0. The zero-order chi connectivity index (χ0) is 39.6. The van der Waals surface area contributed by atoms with E-state index in [1.54, 1.807) is 0 Å². The minimum atomic E-state index is -4.31. The van der Waals surface area contributed by atoms with Crippen LogP contribution in [0.4, 0.5) is 0 Å². The molecular formula is C40H44Cl2O6P2S4. The minimum absolute atomic E-state index is 0.273. The number of benzene rings is 4. The topological polar surface area (TPSA) is 71.1 Å². The maximum absolute atomic E-state index is 14.4. The summed E-state index contributed by atoms with van der Waals surface area (Å²) in [5.41, 5.74) is 3.02. The summed E-state index contributed by atoms with van der Waals surface area (Å²) in [5, 5.41) is 0. The van der Waals surface area contributed by atoms with E-state index in [1.165, 1.54) is 47.0 Å². The number of halogens is 2. The summed E-state index contributed by atoms with van der Waals surface area (Å²) in [6, 6.07) is 16.4. The van der Waals surface area contributed by atoms with Crippen molar-refractivity contribution in [3.8, 4) is 23.0 Å². The molecule has 0 radical (unpaired) electrons. The van der Waals surface area contributed by atoms with Crippen LogP contribution in [0.3, 0.4) is 0 Å². The maximum Gasteiger partial charge on any atom is 0.530 e. The molecule has 14 heteroatoms. The van der Waals surface area contributed by atoms with E-state index in [-0.39, 0.29) is 21.7 Å². The van der Waals surface area contributed by atoms with Gasteiger partial charge in [0.15, 0.2) is 23.0 Å². The van der Waals surface area contributed by atoms with Gasteiger partial charge in [-0.15, -0.1) is 0 Å². The molecule has 288 valence electrons. The van der Waals surface area contributed by atoms with E-state index in [0.29, 0.717) is 42.6 Å². The molecule has 10 rings (SSSR count). The molecule has 0 N–H and O–H groups in total. The van der Waals surface area contributed by atoms with Crippen molar-refractivity contribution in [1.29, 1.82) is 0 Å². The van der Waals surface area contributed by atoms with Crippen molar-refractivity contribution >= 4 is 83.4 Å². The lowest BCUT2D eigenvalue weighted by Crippen LogP contribution is -2.14. The van der Waals surface area contributed by atoms with Crippen LogP contribution >= 0.6 is 83.4 Å². The van der Waals surface area contributed by atoms with Gasteiger partial charge in [0.05, 0.1) is 39.2 Å². The lowest BCUT2D eigenvalue weighted by Gasteiger charge is -2.31. The molecule has 0 saturated heterocycles. The summed E-state index contributed by atoms with van der Waals surface area (Å²) in [7, 11) is 0. The molecule has 0 saturated carbocycles. The number of hydrogen-bond donors (Lipinski definition) is 0. The van der Waals surface area contributed by atoms with Gasteiger partial charge in [-0.3, -0.25) is 0 Å². The standard InChI is InChI=1S/C40H44Cl2O6P2S4/c1-37(2,3)21-13-25-33-29(17-21)53-30-18-23(39(7,8)9)15-27-35(30)47-50(42,44)48-36-28(52-27)16-24(40(10,11)12)20-32(36)54-31-19-22(38(4,5)6)14-26(51-25)34(31)46-49(41,43)45-33/h13-20H,1-12H3. The first kappa shape index (κ1) is 40.7. The molecule has 6 aliphatic rings. The van der Waals surface area contributed by atoms with Crippen LogP contribution in [0.1, 0.15) is 105 Å². The molecule has 12 bridgehead atoms. The Morgan fingerprint density at radius 3 is 0.648 bits per heavy atom. The van der Waals surface area contributed by atoms with Crippen LogP contribution in [-0.4, -0.2) is 0 Å². The Morgan fingerprint density at radius 1 is 0.370 bits per heavy atom. The predicted octanol–water partition coefficient (Wildman–Crippen LogP) is 16.0. The maximum atomic E-state index is 14.4. The van der Waals surface area contributed by atoms with Gasteiger partial charge in [0.2, 0.25) is 0 Å². The van der Waals surface area contributed by atoms with E-state index < -0.39 is 13.9 Å². The van der Waals surface area contributed by atoms with Crippen LogP contribution in [0.5, 0.6) is 23.0 Å². The zero-order valence-electron chi connectivity index (χ0n) is 32.4. The van der Waals surface area contributed by atoms with E-state index in [9.17, 15) is 9.13 Å². The lowest BCUT2D eigenvalue weighted by molar-refractivity contribution is 0.388. The fraction of sp³-hybridized carbons (Fsp3) is 0.400. The third-order valence-electron chi connectivity index (χ3n) is 9.23. The molecule has 4 aromatic rings. The van der Waals surface area contributed by atoms with Gasteiger partial charge in [-0.25, -0.2) is 9.13 Å². The van der Waals surface area contributed by atoms with Crippen molar-refractivity contribution in [2.75, 3.05) is 0 Å². The Labute approximate surface area is 345 Å². The highest BCUT2D eigenvalue weighted by Crippen LogP contribution is 2.67. The quantitative estimate of drug-likeness (QED) is 0.140. The van der Waals surface area contributed by atoms with E-state index in [2.05, 4.69) is 107 Å². The third-order valence-corrected chi connectivity index (χ3v) is 15.8. The molecule has 0 atom stereocenters. The molecule has 6 heterocycles. The summed E-state index contributed by atoms with van der Waals surface area (Å²) in [4.78, 5) is 5.51. The predicted molar refractivity (Wildman–Crippen MR) is 226 cm³/mol. The summed E-state index contributed by atoms with van der Waals surface area (Å²) < 4.78 is 54.1. The lowest BCUT2D eigenvalue weighted by atomic mass is 9.87. The third kappa shape index (κ3) is 8.25. The molecule has 54 heavy (non-hydrogen) atoms. The normalized spacial score (nSPS) is 21.0. The van der Waals surface area contributed by atoms with E-state index in [4.69, 9.17) is 40.6 Å². The molecule has 0 aliphatic carbocycles. The Hall–Kier alpha value is -1.48. The van der Waals surface area contributed by atoms with Crippen molar-refractivity contribution in [3.63, 3.8) is 0 Å². The summed E-state index contributed by atoms with van der Waals surface area (Å²) in [6.07, 6.45) is 0. The molecule has 6 nitrogen and oxygen atoms in total. The van der Waals surface area contributed by atoms with Gasteiger partial charge in [-0.2, -0.15) is 0 Å². The molecular weight excluding hydrogens is 838 g/mol. The van der Waals surface area contributed by atoms with Crippen molar-refractivity contribution < 1.29 is 27.2 Å². The fourth-order valence-electron chi connectivity index (χ4n) is 5.95. The SMILES string of the molecule is CC(C)(C)c1cc2c3c(c1)Sc1cc(C(C)(C)C)cc4c1OP(=O)(Cl)Oc1c(cc(C(C)(C)C)cc1Sc1cc(C(C)(C)C)cc(c1OP(=O)(Cl)O3)S2)S4. The average molecular weight is 882 g/mol. The van der Waals surface area contributed by atoms with Crippen molar-refractivity contribution in [1.82, 2.24) is 0 Å². The van der Waals surface area contributed by atoms with Gasteiger partial charge in [0.1, 0.15) is 0 Å². The van der Waals surface area contributed by atoms with Gasteiger partial charge < -0.3 is 18.1 Å². The van der Waals surface area contributed by atoms with Gasteiger partial charge in [-0.1, -0.05) is 130 Å². The highest BCUT2D eigenvalue weighted by Gasteiger charge is 2.39. The van der Waals surface area contributed by atoms with Gasteiger partial charge in [-0.05, 0) is 92.4 Å². The summed E-state index contributed by atoms with van der Waals surface area (Å²) in [5.74, 6) is 1.30. The van der Waals surface area contributed by atoms with Crippen LogP contribution in [0.25, 0.3) is 0 Å². The molecule has 0 amide bonds. The number of hydrogen-bond acceptors (Lipinski definition) is 10. The first-order valence-corrected chi connectivity index (χ1v) is 25.7. The molecule has 0 aromatic heterocycles. The minimum Gasteiger partial charge on any atom is -0.402 e. The smallest absolute Gasteiger partial charge is 0.402 e. The van der Waals surface area contributed by atoms with Crippen LogP contribution < -0.4 is 18.1 Å². The van der Waals surface area contributed by atoms with Crippen LogP contribution in [0.2, 0.25) is 0 Å². The van der Waals surface area contributed by atoms with Crippen LogP contribution in [-0.2, 0) is 30.8 Å². The van der Waals surface area contributed by atoms with Gasteiger partial charge >= 0.3 is 13.9 Å². The van der Waals surface area contributed by atoms with Gasteiger partial charge in [0.25, 0.3) is 0 Å². The fourth-order valence-corrected chi connectivity index (χ4v) is 13.7.